The molecule has 0 saturated carbocycles. The fourth-order valence-corrected chi connectivity index (χ4v) is 4.08. The second-order valence-electron chi connectivity index (χ2n) is 8.53. The van der Waals surface area contributed by atoms with Gasteiger partial charge in [-0.3, -0.25) is 9.36 Å². The maximum atomic E-state index is 12.0. The number of rotatable bonds is 10. The minimum atomic E-state index is -1.25. The zero-order valence-electron chi connectivity index (χ0n) is 19.4. The van der Waals surface area contributed by atoms with Crippen LogP contribution in [0, 0.1) is 0 Å². The van der Waals surface area contributed by atoms with Gasteiger partial charge in [0.2, 0.25) is 11.9 Å². The summed E-state index contributed by atoms with van der Waals surface area (Å²) in [5, 5.41) is 54.2. The van der Waals surface area contributed by atoms with Gasteiger partial charge in [-0.2, -0.15) is 0 Å². The number of aromatic nitrogens is 2. The second-order valence-corrected chi connectivity index (χ2v) is 8.53. The Hall–Kier alpha value is -3.32. The molecule has 0 aliphatic carbocycles. The number of hydrogen-bond donors (Lipinski definition) is 7. The van der Waals surface area contributed by atoms with Crippen LogP contribution < -0.4 is 10.6 Å². The Balaban J connectivity index is 1.51. The number of benzene rings is 2. The number of nitrogens with one attached hydrogen (secondary N) is 2. The number of carbonyl (C=O) groups excluding carboxylic acids is 1. The molecule has 2 heterocycles. The van der Waals surface area contributed by atoms with Crippen LogP contribution in [0.5, 0.6) is 0 Å². The molecule has 3 aromatic rings. The molecule has 7 N–H and O–H groups in total. The maximum Gasteiger partial charge on any atom is 0.244 e. The van der Waals surface area contributed by atoms with Crippen molar-refractivity contribution in [2.75, 3.05) is 25.1 Å². The summed E-state index contributed by atoms with van der Waals surface area (Å²) in [6, 6.07) is 14.1. The molecule has 1 saturated heterocycles. The Morgan fingerprint density at radius 2 is 1.86 bits per heavy atom. The van der Waals surface area contributed by atoms with Gasteiger partial charge in [0, 0.05) is 12.6 Å². The number of nitrogens with zero attached hydrogens (tertiary/aromatic N) is 2. The second kappa shape index (κ2) is 11.6. The minimum absolute atomic E-state index is 0.357. The lowest BCUT2D eigenvalue weighted by Crippen LogP contribution is -2.39. The van der Waals surface area contributed by atoms with Crippen LogP contribution in [0.4, 0.5) is 5.95 Å². The summed E-state index contributed by atoms with van der Waals surface area (Å²) >= 11 is 0. The lowest BCUT2D eigenvalue weighted by molar-refractivity contribution is -0.117. The van der Waals surface area contributed by atoms with Gasteiger partial charge >= 0.3 is 0 Å². The summed E-state index contributed by atoms with van der Waals surface area (Å²) in [4.78, 5) is 16.6. The molecule has 4 atom stereocenters. The third kappa shape index (κ3) is 5.57. The molecule has 36 heavy (non-hydrogen) atoms. The molecule has 11 nitrogen and oxygen atoms in total. The van der Waals surface area contributed by atoms with Crippen LogP contribution in [-0.2, 0) is 16.1 Å². The summed E-state index contributed by atoms with van der Waals surface area (Å²) < 4.78 is 7.42. The molecule has 1 aliphatic rings. The highest BCUT2D eigenvalue weighted by atomic mass is 16.6. The Morgan fingerprint density at radius 1 is 1.08 bits per heavy atom. The molecule has 0 unspecified atom stereocenters. The van der Waals surface area contributed by atoms with Crippen molar-refractivity contribution in [3.05, 3.63) is 65.7 Å². The highest BCUT2D eigenvalue weighted by Gasteiger charge is 2.44. The molecule has 1 fully saturated rings. The van der Waals surface area contributed by atoms with E-state index in [-0.39, 0.29) is 13.2 Å². The number of anilines is 1. The van der Waals surface area contributed by atoms with Gasteiger partial charge < -0.3 is 40.9 Å². The number of hydrogen-bond acceptors (Lipinski definition) is 9. The molecular weight excluding hydrogens is 468 g/mol. The van der Waals surface area contributed by atoms with E-state index in [1.54, 1.807) is 10.6 Å². The summed E-state index contributed by atoms with van der Waals surface area (Å²) in [5.74, 6) is -0.00995. The topological polar surface area (TPSA) is 169 Å². The summed E-state index contributed by atoms with van der Waals surface area (Å²) in [6.07, 6.45) is -1.40. The molecule has 0 radical (unpaired) electrons. The Labute approximate surface area is 207 Å². The van der Waals surface area contributed by atoms with E-state index in [0.717, 1.165) is 11.1 Å². The highest BCUT2D eigenvalue weighted by Crippen LogP contribution is 2.35. The van der Waals surface area contributed by atoms with Crippen molar-refractivity contribution in [3.8, 4) is 0 Å². The average molecular weight is 499 g/mol. The first-order valence-electron chi connectivity index (χ1n) is 11.6. The molecular formula is C25H30N4O7. The van der Waals surface area contributed by atoms with E-state index in [1.807, 2.05) is 48.5 Å². The summed E-state index contributed by atoms with van der Waals surface area (Å²) in [5.41, 5.74) is 3.03. The average Bonchev–Trinajstić information content (AvgIpc) is 3.41. The molecule has 1 amide bonds. The zero-order valence-corrected chi connectivity index (χ0v) is 19.4. The standard InChI is InChI=1S/C25H30N4O7/c30-12-17(13-31)27-21(33)9-8-15-4-3-5-16(10-15)11-26-25-28-18-6-1-2-7-19(18)29(25)24-23(35)22(34)20(14-32)36-24/h1-10,17,20,22-24,30-32,34-35H,11-14H2,(H,26,28)(H,27,33)/t20-,22-,23-,24-/m1/s1. The van der Waals surface area contributed by atoms with E-state index in [2.05, 4.69) is 15.6 Å². The molecule has 0 spiro atoms. The number of fused-ring (bicyclic) bond motifs is 1. The van der Waals surface area contributed by atoms with Crippen LogP contribution in [0.1, 0.15) is 17.4 Å². The van der Waals surface area contributed by atoms with Crippen molar-refractivity contribution in [1.29, 1.82) is 0 Å². The van der Waals surface area contributed by atoms with Gasteiger partial charge in [0.05, 0.1) is 36.9 Å². The van der Waals surface area contributed by atoms with Gasteiger partial charge in [0.1, 0.15) is 18.3 Å². The van der Waals surface area contributed by atoms with E-state index < -0.39 is 43.1 Å². The van der Waals surface area contributed by atoms with Crippen LogP contribution in [-0.4, -0.2) is 85.2 Å². The van der Waals surface area contributed by atoms with E-state index in [0.29, 0.717) is 23.5 Å². The quantitative estimate of drug-likeness (QED) is 0.186. The van der Waals surface area contributed by atoms with Crippen LogP contribution in [0.2, 0.25) is 0 Å². The molecule has 1 aliphatic heterocycles. The molecule has 2 aromatic carbocycles. The predicted molar refractivity (Wildman–Crippen MR) is 132 cm³/mol. The number of aliphatic hydroxyl groups excluding tert-OH is 5. The molecule has 11 heteroatoms. The number of carbonyl (C=O) groups is 1. The van der Waals surface area contributed by atoms with Gasteiger partial charge in [-0.15, -0.1) is 0 Å². The first-order chi connectivity index (χ1) is 17.4. The Morgan fingerprint density at radius 3 is 2.58 bits per heavy atom. The first-order valence-corrected chi connectivity index (χ1v) is 11.6. The van der Waals surface area contributed by atoms with Gasteiger partial charge in [0.25, 0.3) is 0 Å². The summed E-state index contributed by atoms with van der Waals surface area (Å²) in [6.45, 7) is -0.776. The Kier molecular flexibility index (Phi) is 8.31. The largest absolute Gasteiger partial charge is 0.394 e. The molecule has 192 valence electrons. The molecule has 4 rings (SSSR count). The van der Waals surface area contributed by atoms with Crippen LogP contribution in [0.15, 0.2) is 54.6 Å². The number of ether oxygens (including phenoxy) is 1. The smallest absolute Gasteiger partial charge is 0.244 e. The van der Waals surface area contributed by atoms with Gasteiger partial charge in [-0.1, -0.05) is 30.3 Å². The number of para-hydroxylation sites is 2. The van der Waals surface area contributed by atoms with Crippen molar-refractivity contribution in [2.24, 2.45) is 0 Å². The fraction of sp³-hybridized carbons (Fsp3) is 0.360. The fourth-order valence-electron chi connectivity index (χ4n) is 4.08. The highest BCUT2D eigenvalue weighted by molar-refractivity contribution is 5.92. The zero-order chi connectivity index (χ0) is 25.7. The normalized spacial score (nSPS) is 22.1. The van der Waals surface area contributed by atoms with Gasteiger partial charge in [0.15, 0.2) is 6.23 Å². The van der Waals surface area contributed by atoms with Crippen molar-refractivity contribution < 1.29 is 35.1 Å². The maximum absolute atomic E-state index is 12.0. The van der Waals surface area contributed by atoms with E-state index in [4.69, 9.17) is 14.9 Å². The lowest BCUT2D eigenvalue weighted by Gasteiger charge is -2.20. The third-order valence-electron chi connectivity index (χ3n) is 5.98. The van der Waals surface area contributed by atoms with Crippen LogP contribution in [0.25, 0.3) is 17.1 Å². The van der Waals surface area contributed by atoms with Crippen molar-refractivity contribution in [3.63, 3.8) is 0 Å². The number of imidazole rings is 1. The van der Waals surface area contributed by atoms with Gasteiger partial charge in [-0.25, -0.2) is 4.98 Å². The molecule has 0 bridgehead atoms. The molecule has 1 aromatic heterocycles. The van der Waals surface area contributed by atoms with E-state index in [9.17, 15) is 20.1 Å². The SMILES string of the molecule is O=C(C=Cc1cccc(CNc2nc3ccccc3n2[C@@H]2O[C@H](CO)[C@@H](O)[C@H]2O)c1)NC(CO)CO. The van der Waals surface area contributed by atoms with Crippen molar-refractivity contribution >= 4 is 29.0 Å². The Bertz CT molecular complexity index is 1210. The summed E-state index contributed by atoms with van der Waals surface area (Å²) in [7, 11) is 0. The van der Waals surface area contributed by atoms with E-state index >= 15 is 0 Å². The van der Waals surface area contributed by atoms with Crippen molar-refractivity contribution in [2.45, 2.75) is 37.1 Å². The minimum Gasteiger partial charge on any atom is -0.394 e. The first kappa shape index (κ1) is 25.8. The van der Waals surface area contributed by atoms with Crippen LogP contribution in [0.3, 0.4) is 0 Å². The lowest BCUT2D eigenvalue weighted by atomic mass is 10.1. The van der Waals surface area contributed by atoms with Gasteiger partial charge in [-0.05, 0) is 35.4 Å². The third-order valence-corrected chi connectivity index (χ3v) is 5.98. The predicted octanol–water partition coefficient (Wildman–Crippen LogP) is -0.258. The van der Waals surface area contributed by atoms with E-state index in [1.165, 1.54) is 6.08 Å². The monoisotopic (exact) mass is 498 g/mol. The number of amides is 1. The number of aliphatic hydroxyl groups is 5. The van der Waals surface area contributed by atoms with Crippen LogP contribution >= 0.6 is 0 Å². The van der Waals surface area contributed by atoms with Crippen molar-refractivity contribution in [1.82, 2.24) is 14.9 Å².